The Hall–Kier alpha value is -3.04. The van der Waals surface area contributed by atoms with Crippen molar-refractivity contribution in [2.45, 2.75) is 11.4 Å². The number of nitrogens with zero attached hydrogens (tertiary/aromatic N) is 4. The highest BCUT2D eigenvalue weighted by molar-refractivity contribution is 7.89. The number of piperazine rings is 1. The van der Waals surface area contributed by atoms with E-state index in [-0.39, 0.29) is 36.3 Å². The second-order valence-electron chi connectivity index (χ2n) is 7.00. The van der Waals surface area contributed by atoms with Crippen LogP contribution in [0, 0.1) is 5.82 Å². The average molecular weight is 428 g/mol. The zero-order valence-electron chi connectivity index (χ0n) is 16.2. The Kier molecular flexibility index (Phi) is 5.65. The number of hydrogen-bond acceptors (Lipinski definition) is 4. The van der Waals surface area contributed by atoms with Crippen LogP contribution in [-0.2, 0) is 21.4 Å². The number of hydrogen-bond donors (Lipinski definition) is 0. The van der Waals surface area contributed by atoms with Gasteiger partial charge in [-0.15, -0.1) is 0 Å². The van der Waals surface area contributed by atoms with E-state index in [1.807, 2.05) is 0 Å². The lowest BCUT2D eigenvalue weighted by molar-refractivity contribution is -0.133. The fraction of sp³-hybridized carbons (Fsp3) is 0.238. The van der Waals surface area contributed by atoms with Crippen molar-refractivity contribution in [2.24, 2.45) is 0 Å². The lowest BCUT2D eigenvalue weighted by atomic mass is 10.1. The molecule has 2 heterocycles. The zero-order valence-corrected chi connectivity index (χ0v) is 17.0. The van der Waals surface area contributed by atoms with Crippen molar-refractivity contribution < 1.29 is 17.6 Å². The minimum atomic E-state index is -3.55. The van der Waals surface area contributed by atoms with Gasteiger partial charge in [-0.25, -0.2) is 12.8 Å². The number of amides is 1. The summed E-state index contributed by atoms with van der Waals surface area (Å²) in [7, 11) is -3.55. The molecule has 0 atom stereocenters. The Labute approximate surface area is 174 Å². The van der Waals surface area contributed by atoms with E-state index in [0.29, 0.717) is 18.8 Å². The first kappa shape index (κ1) is 20.2. The van der Waals surface area contributed by atoms with Gasteiger partial charge in [0.25, 0.3) is 0 Å². The second kappa shape index (κ2) is 8.37. The molecule has 0 bridgehead atoms. The standard InChI is InChI=1S/C21H21FN4O3S/c22-18-8-6-17(7-9-18)20-10-11-25(23-20)16-21(27)24-12-14-26(15-13-24)30(28,29)19-4-2-1-3-5-19/h1-11H,12-16H2. The third kappa shape index (κ3) is 4.27. The van der Waals surface area contributed by atoms with Gasteiger partial charge in [-0.05, 0) is 42.5 Å². The highest BCUT2D eigenvalue weighted by Gasteiger charge is 2.30. The van der Waals surface area contributed by atoms with Crippen molar-refractivity contribution in [3.63, 3.8) is 0 Å². The van der Waals surface area contributed by atoms with Crippen LogP contribution in [0.1, 0.15) is 0 Å². The number of aromatic nitrogens is 2. The van der Waals surface area contributed by atoms with E-state index >= 15 is 0 Å². The van der Waals surface area contributed by atoms with Gasteiger partial charge in [0.15, 0.2) is 0 Å². The molecule has 1 saturated heterocycles. The first-order chi connectivity index (χ1) is 14.4. The number of rotatable bonds is 5. The van der Waals surface area contributed by atoms with Crippen LogP contribution in [0.3, 0.4) is 0 Å². The molecule has 2 aromatic carbocycles. The fourth-order valence-electron chi connectivity index (χ4n) is 3.38. The van der Waals surface area contributed by atoms with E-state index in [2.05, 4.69) is 5.10 Å². The van der Waals surface area contributed by atoms with E-state index < -0.39 is 10.0 Å². The third-order valence-electron chi connectivity index (χ3n) is 5.05. The average Bonchev–Trinajstić information content (AvgIpc) is 3.23. The molecule has 1 aliphatic heterocycles. The van der Waals surface area contributed by atoms with Gasteiger partial charge in [-0.2, -0.15) is 9.40 Å². The van der Waals surface area contributed by atoms with Gasteiger partial charge in [0.1, 0.15) is 12.4 Å². The molecule has 0 unspecified atom stereocenters. The summed E-state index contributed by atoms with van der Waals surface area (Å²) in [5.41, 5.74) is 1.42. The maximum Gasteiger partial charge on any atom is 0.244 e. The molecule has 1 aromatic heterocycles. The summed E-state index contributed by atoms with van der Waals surface area (Å²) in [6, 6.07) is 16.1. The minimum absolute atomic E-state index is 0.0621. The van der Waals surface area contributed by atoms with Crippen LogP contribution < -0.4 is 0 Å². The summed E-state index contributed by atoms with van der Waals surface area (Å²) in [6.07, 6.45) is 1.70. The molecule has 1 fully saturated rings. The molecule has 156 valence electrons. The van der Waals surface area contributed by atoms with Crippen LogP contribution in [0.4, 0.5) is 4.39 Å². The van der Waals surface area contributed by atoms with E-state index in [0.717, 1.165) is 5.56 Å². The Bertz CT molecular complexity index is 1120. The van der Waals surface area contributed by atoms with E-state index in [4.69, 9.17) is 0 Å². The summed E-state index contributed by atoms with van der Waals surface area (Å²) in [6.45, 7) is 1.23. The maximum absolute atomic E-state index is 13.1. The van der Waals surface area contributed by atoms with Crippen molar-refractivity contribution in [3.05, 3.63) is 72.7 Å². The molecule has 9 heteroatoms. The topological polar surface area (TPSA) is 75.5 Å². The Morgan fingerprint density at radius 1 is 0.933 bits per heavy atom. The summed E-state index contributed by atoms with van der Waals surface area (Å²) >= 11 is 0. The maximum atomic E-state index is 13.1. The van der Waals surface area contributed by atoms with Crippen LogP contribution in [0.5, 0.6) is 0 Å². The van der Waals surface area contributed by atoms with Gasteiger partial charge < -0.3 is 4.90 Å². The monoisotopic (exact) mass is 428 g/mol. The Balaban J connectivity index is 1.35. The van der Waals surface area contributed by atoms with E-state index in [1.165, 1.54) is 21.1 Å². The first-order valence-electron chi connectivity index (χ1n) is 9.56. The minimum Gasteiger partial charge on any atom is -0.338 e. The molecule has 30 heavy (non-hydrogen) atoms. The van der Waals surface area contributed by atoms with Gasteiger partial charge in [0.05, 0.1) is 10.6 Å². The molecule has 4 rings (SSSR count). The van der Waals surface area contributed by atoms with Crippen molar-refractivity contribution in [3.8, 4) is 11.3 Å². The predicted molar refractivity (Wildman–Crippen MR) is 109 cm³/mol. The van der Waals surface area contributed by atoms with Gasteiger partial charge in [0, 0.05) is 37.9 Å². The SMILES string of the molecule is O=C(Cn1ccc(-c2ccc(F)cc2)n1)N1CCN(S(=O)(=O)c2ccccc2)CC1. The number of sulfonamides is 1. The summed E-state index contributed by atoms with van der Waals surface area (Å²) < 4.78 is 41.4. The molecule has 0 saturated carbocycles. The van der Waals surface area contributed by atoms with Crippen LogP contribution >= 0.6 is 0 Å². The summed E-state index contributed by atoms with van der Waals surface area (Å²) in [5.74, 6) is -0.442. The molecule has 1 aliphatic rings. The molecule has 3 aromatic rings. The van der Waals surface area contributed by atoms with Crippen LogP contribution in [0.2, 0.25) is 0 Å². The van der Waals surface area contributed by atoms with Gasteiger partial charge in [-0.1, -0.05) is 18.2 Å². The predicted octanol–water partition coefficient (Wildman–Crippen LogP) is 2.22. The first-order valence-corrected chi connectivity index (χ1v) is 11.0. The number of carbonyl (C=O) groups excluding carboxylic acids is 1. The van der Waals surface area contributed by atoms with Crippen LogP contribution in [0.15, 0.2) is 71.8 Å². The van der Waals surface area contributed by atoms with E-state index in [9.17, 15) is 17.6 Å². The smallest absolute Gasteiger partial charge is 0.244 e. The van der Waals surface area contributed by atoms with Gasteiger partial charge >= 0.3 is 0 Å². The molecular weight excluding hydrogens is 407 g/mol. The van der Waals surface area contributed by atoms with E-state index in [1.54, 1.807) is 59.6 Å². The lowest BCUT2D eigenvalue weighted by Crippen LogP contribution is -2.51. The second-order valence-corrected chi connectivity index (χ2v) is 8.94. The van der Waals surface area contributed by atoms with Crippen LogP contribution in [-0.4, -0.2) is 59.5 Å². The fourth-order valence-corrected chi connectivity index (χ4v) is 4.83. The molecule has 0 spiro atoms. The van der Waals surface area contributed by atoms with Gasteiger partial charge in [-0.3, -0.25) is 9.48 Å². The summed E-state index contributed by atoms with van der Waals surface area (Å²) in [4.78, 5) is 14.5. The molecule has 0 radical (unpaired) electrons. The zero-order chi connectivity index (χ0) is 21.1. The molecule has 0 aliphatic carbocycles. The quantitative estimate of drug-likeness (QED) is 0.625. The Morgan fingerprint density at radius 3 is 2.27 bits per heavy atom. The molecule has 7 nitrogen and oxygen atoms in total. The number of halogens is 1. The third-order valence-corrected chi connectivity index (χ3v) is 6.96. The Morgan fingerprint density at radius 2 is 1.60 bits per heavy atom. The van der Waals surface area contributed by atoms with Crippen molar-refractivity contribution >= 4 is 15.9 Å². The number of benzene rings is 2. The van der Waals surface area contributed by atoms with Crippen molar-refractivity contribution in [1.29, 1.82) is 0 Å². The summed E-state index contributed by atoms with van der Waals surface area (Å²) in [5, 5.41) is 4.38. The molecule has 1 amide bonds. The van der Waals surface area contributed by atoms with Crippen LogP contribution in [0.25, 0.3) is 11.3 Å². The lowest BCUT2D eigenvalue weighted by Gasteiger charge is -2.34. The van der Waals surface area contributed by atoms with Crippen molar-refractivity contribution in [1.82, 2.24) is 19.0 Å². The van der Waals surface area contributed by atoms with Crippen molar-refractivity contribution in [2.75, 3.05) is 26.2 Å². The molecular formula is C21H21FN4O3S. The highest BCUT2D eigenvalue weighted by Crippen LogP contribution is 2.19. The number of carbonyl (C=O) groups is 1. The van der Waals surface area contributed by atoms with Gasteiger partial charge in [0.2, 0.25) is 15.9 Å². The molecule has 0 N–H and O–H groups in total. The normalized spacial score (nSPS) is 15.3. The largest absolute Gasteiger partial charge is 0.338 e. The highest BCUT2D eigenvalue weighted by atomic mass is 32.2.